The number of nitriles is 1. The number of para-hydroxylation sites is 1. The first-order valence-corrected chi connectivity index (χ1v) is 12.5. The van der Waals surface area contributed by atoms with Crippen LogP contribution in [-0.2, 0) is 11.3 Å². The number of hydrogen-bond donors (Lipinski definition) is 3. The van der Waals surface area contributed by atoms with Crippen LogP contribution in [0.2, 0.25) is 0 Å². The number of alkyl halides is 3. The second-order valence-electron chi connectivity index (χ2n) is 10.6. The van der Waals surface area contributed by atoms with E-state index >= 15 is 0 Å². The third kappa shape index (κ3) is 5.58. The first-order valence-electron chi connectivity index (χ1n) is 12.5. The number of carbonyl (C=O) groups excluding carboxylic acids is 1. The monoisotopic (exact) mass is 514 g/mol. The molecule has 4 aliphatic rings. The standard InChI is InChI=1S/C26H29F3N6O2/c1-15(36)34-22-18-6-16-7-19(22)10-25(8-16,9-18)14-33-23-20(11-30)13-32-24(35-23)31-12-17-4-2-3-5-21(17)37-26(27,28)29/h2-5,13,16,18-19,22H,6-10,12,14H2,1H3,(H,34,36)(H2,31,32,33,35)/t16?,18-,19+,22+,25-. The predicted octanol–water partition coefficient (Wildman–Crippen LogP) is 4.60. The zero-order chi connectivity index (χ0) is 26.2. The Morgan fingerprint density at radius 1 is 1.19 bits per heavy atom. The van der Waals surface area contributed by atoms with Gasteiger partial charge in [0.1, 0.15) is 23.2 Å². The van der Waals surface area contributed by atoms with Gasteiger partial charge in [-0.1, -0.05) is 18.2 Å². The lowest BCUT2D eigenvalue weighted by molar-refractivity contribution is -0.274. The molecule has 1 unspecified atom stereocenters. The van der Waals surface area contributed by atoms with Crippen molar-refractivity contribution in [1.29, 1.82) is 5.26 Å². The average molecular weight is 515 g/mol. The molecule has 0 saturated heterocycles. The Labute approximate surface area is 213 Å². The number of nitrogens with one attached hydrogen (secondary N) is 3. The molecular weight excluding hydrogens is 485 g/mol. The molecule has 2 aromatic rings. The van der Waals surface area contributed by atoms with E-state index in [-0.39, 0.29) is 35.6 Å². The molecule has 4 aliphatic carbocycles. The van der Waals surface area contributed by atoms with Gasteiger partial charge in [0.05, 0.1) is 6.20 Å². The molecule has 4 fully saturated rings. The van der Waals surface area contributed by atoms with Crippen LogP contribution >= 0.6 is 0 Å². The molecule has 5 atom stereocenters. The number of rotatable bonds is 8. The van der Waals surface area contributed by atoms with Gasteiger partial charge in [0, 0.05) is 31.6 Å². The number of aromatic nitrogens is 2. The summed E-state index contributed by atoms with van der Waals surface area (Å²) in [7, 11) is 0. The third-order valence-corrected chi connectivity index (χ3v) is 7.95. The largest absolute Gasteiger partial charge is 0.573 e. The second kappa shape index (κ2) is 9.72. The Hall–Kier alpha value is -3.55. The van der Waals surface area contributed by atoms with Gasteiger partial charge in [-0.2, -0.15) is 10.2 Å². The Morgan fingerprint density at radius 3 is 2.59 bits per heavy atom. The normalized spacial score (nSPS) is 27.9. The summed E-state index contributed by atoms with van der Waals surface area (Å²) in [5.74, 6) is 1.91. The first-order chi connectivity index (χ1) is 17.6. The summed E-state index contributed by atoms with van der Waals surface area (Å²) in [6.07, 6.45) is 2.06. The van der Waals surface area contributed by atoms with Crippen LogP contribution in [0.5, 0.6) is 5.75 Å². The highest BCUT2D eigenvalue weighted by Crippen LogP contribution is 2.60. The van der Waals surface area contributed by atoms with Crippen LogP contribution in [0, 0.1) is 34.5 Å². The summed E-state index contributed by atoms with van der Waals surface area (Å²) in [5.41, 5.74) is 0.682. The molecule has 11 heteroatoms. The fourth-order valence-electron chi connectivity index (χ4n) is 6.88. The highest BCUT2D eigenvalue weighted by Gasteiger charge is 2.55. The second-order valence-corrected chi connectivity index (χ2v) is 10.6. The lowest BCUT2D eigenvalue weighted by atomic mass is 9.48. The molecule has 8 nitrogen and oxygen atoms in total. The van der Waals surface area contributed by atoms with Gasteiger partial charge in [-0.15, -0.1) is 13.2 Å². The number of carbonyl (C=O) groups is 1. The molecule has 4 bridgehead atoms. The number of hydrogen-bond acceptors (Lipinski definition) is 7. The maximum atomic E-state index is 12.7. The van der Waals surface area contributed by atoms with E-state index in [1.807, 2.05) is 0 Å². The van der Waals surface area contributed by atoms with Crippen molar-refractivity contribution >= 4 is 17.7 Å². The summed E-state index contributed by atoms with van der Waals surface area (Å²) in [6.45, 7) is 2.25. The van der Waals surface area contributed by atoms with Gasteiger partial charge in [0.15, 0.2) is 0 Å². The van der Waals surface area contributed by atoms with Crippen molar-refractivity contribution in [1.82, 2.24) is 15.3 Å². The quantitative estimate of drug-likeness (QED) is 0.472. The van der Waals surface area contributed by atoms with Crippen molar-refractivity contribution < 1.29 is 22.7 Å². The minimum absolute atomic E-state index is 0.0110. The molecule has 1 heterocycles. The number of halogens is 3. The zero-order valence-electron chi connectivity index (χ0n) is 20.4. The van der Waals surface area contributed by atoms with Crippen molar-refractivity contribution in [3.05, 3.63) is 41.6 Å². The van der Waals surface area contributed by atoms with Crippen molar-refractivity contribution in [3.63, 3.8) is 0 Å². The molecule has 4 saturated carbocycles. The smallest absolute Gasteiger partial charge is 0.405 e. The fourth-order valence-corrected chi connectivity index (χ4v) is 6.88. The maximum Gasteiger partial charge on any atom is 0.573 e. The van der Waals surface area contributed by atoms with Crippen molar-refractivity contribution in [2.45, 2.75) is 58.0 Å². The van der Waals surface area contributed by atoms with E-state index < -0.39 is 6.36 Å². The van der Waals surface area contributed by atoms with Gasteiger partial charge < -0.3 is 20.7 Å². The van der Waals surface area contributed by atoms with Crippen LogP contribution in [0.1, 0.15) is 50.2 Å². The fraction of sp³-hybridized carbons (Fsp3) is 0.538. The Bertz CT molecular complexity index is 1200. The molecule has 0 aliphatic heterocycles. The highest BCUT2D eigenvalue weighted by atomic mass is 19.4. The SMILES string of the molecule is CC(=O)N[C@H]1[C@@H]2CC3C[C@H]1C[C@@](CNc1nc(NCc4ccccc4OC(F)(F)F)ncc1C#N)(C3)C2. The van der Waals surface area contributed by atoms with Crippen LogP contribution in [0.4, 0.5) is 24.9 Å². The van der Waals surface area contributed by atoms with Gasteiger partial charge in [-0.3, -0.25) is 4.79 Å². The van der Waals surface area contributed by atoms with Crippen LogP contribution in [0.25, 0.3) is 0 Å². The lowest BCUT2D eigenvalue weighted by Gasteiger charge is -2.60. The molecule has 6 rings (SSSR count). The summed E-state index contributed by atoms with van der Waals surface area (Å²) in [6, 6.07) is 8.22. The Morgan fingerprint density at radius 2 is 1.92 bits per heavy atom. The highest BCUT2D eigenvalue weighted by molar-refractivity contribution is 5.73. The van der Waals surface area contributed by atoms with Gasteiger partial charge in [-0.25, -0.2) is 4.98 Å². The van der Waals surface area contributed by atoms with Gasteiger partial charge >= 0.3 is 6.36 Å². The van der Waals surface area contributed by atoms with E-state index in [9.17, 15) is 23.2 Å². The third-order valence-electron chi connectivity index (χ3n) is 7.95. The van der Waals surface area contributed by atoms with Crippen LogP contribution in [-0.4, -0.2) is 34.8 Å². The van der Waals surface area contributed by atoms with Crippen LogP contribution in [0.15, 0.2) is 30.5 Å². The predicted molar refractivity (Wildman–Crippen MR) is 129 cm³/mol. The number of ether oxygens (including phenoxy) is 1. The van der Waals surface area contributed by atoms with Gasteiger partial charge in [0.25, 0.3) is 0 Å². The summed E-state index contributed by atoms with van der Waals surface area (Å²) >= 11 is 0. The molecule has 37 heavy (non-hydrogen) atoms. The average Bonchev–Trinajstić information content (AvgIpc) is 2.83. The Kier molecular flexibility index (Phi) is 6.60. The molecule has 196 valence electrons. The van der Waals surface area contributed by atoms with E-state index in [1.54, 1.807) is 13.0 Å². The maximum absolute atomic E-state index is 12.7. The Balaban J connectivity index is 1.27. The zero-order valence-corrected chi connectivity index (χ0v) is 20.4. The van der Waals surface area contributed by atoms with E-state index in [4.69, 9.17) is 0 Å². The van der Waals surface area contributed by atoms with E-state index in [0.29, 0.717) is 41.2 Å². The van der Waals surface area contributed by atoms with Crippen molar-refractivity contribution in [3.8, 4) is 11.8 Å². The van der Waals surface area contributed by atoms with Crippen molar-refractivity contribution in [2.24, 2.45) is 23.2 Å². The molecule has 3 N–H and O–H groups in total. The molecule has 1 aromatic carbocycles. The number of anilines is 2. The molecule has 1 aromatic heterocycles. The van der Waals surface area contributed by atoms with Crippen molar-refractivity contribution in [2.75, 3.05) is 17.2 Å². The molecule has 0 radical (unpaired) electrons. The number of amides is 1. The topological polar surface area (TPSA) is 112 Å². The van der Waals surface area contributed by atoms with Gasteiger partial charge in [-0.05, 0) is 61.3 Å². The summed E-state index contributed by atoms with van der Waals surface area (Å²) in [5, 5.41) is 19.1. The summed E-state index contributed by atoms with van der Waals surface area (Å²) < 4.78 is 42.3. The van der Waals surface area contributed by atoms with Crippen LogP contribution in [0.3, 0.4) is 0 Å². The minimum Gasteiger partial charge on any atom is -0.405 e. The molecule has 0 spiro atoms. The van der Waals surface area contributed by atoms with Crippen LogP contribution < -0.4 is 20.7 Å². The molecular formula is C26H29F3N6O2. The lowest BCUT2D eigenvalue weighted by Crippen LogP contribution is -2.60. The first kappa shape index (κ1) is 25.1. The summed E-state index contributed by atoms with van der Waals surface area (Å²) in [4.78, 5) is 20.3. The number of benzene rings is 1. The van der Waals surface area contributed by atoms with Gasteiger partial charge in [0.2, 0.25) is 11.9 Å². The van der Waals surface area contributed by atoms with E-state index in [1.165, 1.54) is 24.4 Å². The van der Waals surface area contributed by atoms with E-state index in [0.717, 1.165) is 32.1 Å². The molecule has 1 amide bonds. The van der Waals surface area contributed by atoms with E-state index in [2.05, 4.69) is 36.7 Å². The minimum atomic E-state index is -4.79. The number of nitrogens with zero attached hydrogens (tertiary/aromatic N) is 3.